The lowest BCUT2D eigenvalue weighted by molar-refractivity contribution is 0.388. The number of hydrogen-bond acceptors (Lipinski definition) is 3. The van der Waals surface area contributed by atoms with Gasteiger partial charge in [0.15, 0.2) is 0 Å². The average Bonchev–Trinajstić information content (AvgIpc) is 3.35. The Kier molecular flexibility index (Phi) is 5.26. The smallest absolute Gasteiger partial charge is 0.0741 e. The monoisotopic (exact) mass is 373 g/mol. The van der Waals surface area contributed by atoms with Gasteiger partial charge in [0.05, 0.1) is 12.2 Å². The number of nitrogens with zero attached hydrogens (tertiary/aromatic N) is 5. The first-order valence-corrected chi connectivity index (χ1v) is 9.80. The number of hydrogen-bond donors (Lipinski definition) is 0. The zero-order chi connectivity index (χ0) is 19.5. The fraction of sp³-hybridized carbons (Fsp3) is 0.304. The Bertz CT molecular complexity index is 1050. The van der Waals surface area contributed by atoms with Gasteiger partial charge < -0.3 is 9.47 Å². The normalized spacial score (nSPS) is 12.7. The second-order valence-electron chi connectivity index (χ2n) is 7.61. The number of fused-ring (bicyclic) bond motifs is 1. The molecule has 0 fully saturated rings. The molecule has 0 aliphatic rings. The van der Waals surface area contributed by atoms with Crippen LogP contribution in [0.1, 0.15) is 24.9 Å². The molecule has 0 bridgehead atoms. The molecule has 4 rings (SSSR count). The van der Waals surface area contributed by atoms with Crippen molar-refractivity contribution in [3.8, 4) is 11.1 Å². The van der Waals surface area contributed by atoms with Gasteiger partial charge in [0, 0.05) is 47.8 Å². The van der Waals surface area contributed by atoms with E-state index < -0.39 is 0 Å². The number of aromatic nitrogens is 4. The van der Waals surface area contributed by atoms with Gasteiger partial charge in [-0.1, -0.05) is 6.07 Å². The fourth-order valence-electron chi connectivity index (χ4n) is 3.63. The van der Waals surface area contributed by atoms with E-state index >= 15 is 0 Å². The molecule has 4 aromatic rings. The molecule has 1 aromatic carbocycles. The van der Waals surface area contributed by atoms with E-state index in [1.165, 1.54) is 22.0 Å². The van der Waals surface area contributed by atoms with Gasteiger partial charge in [-0.2, -0.15) is 5.10 Å². The van der Waals surface area contributed by atoms with Gasteiger partial charge in [-0.05, 0) is 75.4 Å². The second kappa shape index (κ2) is 7.98. The van der Waals surface area contributed by atoms with Crippen LogP contribution in [-0.2, 0) is 6.54 Å². The molecule has 3 heterocycles. The maximum absolute atomic E-state index is 4.60. The first-order valence-electron chi connectivity index (χ1n) is 9.80. The Morgan fingerprint density at radius 2 is 1.86 bits per heavy atom. The van der Waals surface area contributed by atoms with E-state index in [1.807, 2.05) is 35.4 Å². The molecular formula is C23H27N5. The fourth-order valence-corrected chi connectivity index (χ4v) is 3.63. The first kappa shape index (κ1) is 18.4. The van der Waals surface area contributed by atoms with Crippen molar-refractivity contribution in [2.75, 3.05) is 20.6 Å². The van der Waals surface area contributed by atoms with E-state index in [0.717, 1.165) is 25.1 Å². The SMILES string of the molecule is CC(c1ccncc1)n1cc(-c2ccc3c(ccn3CCCN(C)C)c2)cn1. The summed E-state index contributed by atoms with van der Waals surface area (Å²) in [5.74, 6) is 0. The Morgan fingerprint density at radius 3 is 2.64 bits per heavy atom. The summed E-state index contributed by atoms with van der Waals surface area (Å²) in [5.41, 5.74) is 4.84. The molecule has 5 heteroatoms. The van der Waals surface area contributed by atoms with Crippen LogP contribution in [0.2, 0.25) is 0 Å². The van der Waals surface area contributed by atoms with E-state index in [9.17, 15) is 0 Å². The van der Waals surface area contributed by atoms with E-state index in [4.69, 9.17) is 0 Å². The molecule has 3 aromatic heterocycles. The maximum atomic E-state index is 4.60. The van der Waals surface area contributed by atoms with Crippen LogP contribution in [-0.4, -0.2) is 44.9 Å². The highest BCUT2D eigenvalue weighted by Gasteiger charge is 2.11. The molecule has 144 valence electrons. The number of aryl methyl sites for hydroxylation is 1. The summed E-state index contributed by atoms with van der Waals surface area (Å²) in [7, 11) is 4.24. The zero-order valence-electron chi connectivity index (χ0n) is 16.8. The highest BCUT2D eigenvalue weighted by atomic mass is 15.3. The summed E-state index contributed by atoms with van der Waals surface area (Å²) < 4.78 is 4.36. The van der Waals surface area contributed by atoms with Crippen molar-refractivity contribution in [1.82, 2.24) is 24.2 Å². The Morgan fingerprint density at radius 1 is 1.04 bits per heavy atom. The largest absolute Gasteiger partial charge is 0.347 e. The molecule has 0 saturated heterocycles. The number of benzene rings is 1. The highest BCUT2D eigenvalue weighted by Crippen LogP contribution is 2.27. The summed E-state index contributed by atoms with van der Waals surface area (Å²) in [6.07, 6.45) is 11.1. The third-order valence-electron chi connectivity index (χ3n) is 5.30. The summed E-state index contributed by atoms with van der Waals surface area (Å²) in [5, 5.41) is 5.87. The minimum Gasteiger partial charge on any atom is -0.347 e. The van der Waals surface area contributed by atoms with Crippen molar-refractivity contribution >= 4 is 10.9 Å². The van der Waals surface area contributed by atoms with Crippen molar-refractivity contribution in [3.05, 3.63) is 72.9 Å². The van der Waals surface area contributed by atoms with Crippen LogP contribution < -0.4 is 0 Å². The average molecular weight is 374 g/mol. The van der Waals surface area contributed by atoms with Crippen molar-refractivity contribution in [3.63, 3.8) is 0 Å². The van der Waals surface area contributed by atoms with Crippen LogP contribution in [0, 0.1) is 0 Å². The molecule has 0 radical (unpaired) electrons. The van der Waals surface area contributed by atoms with Gasteiger partial charge in [0.25, 0.3) is 0 Å². The van der Waals surface area contributed by atoms with Crippen LogP contribution >= 0.6 is 0 Å². The van der Waals surface area contributed by atoms with E-state index in [-0.39, 0.29) is 6.04 Å². The predicted octanol–water partition coefficient (Wildman–Crippen LogP) is 4.46. The lowest BCUT2D eigenvalue weighted by atomic mass is 10.1. The Hall–Kier alpha value is -2.92. The molecule has 0 amide bonds. The Balaban J connectivity index is 1.54. The Labute approximate surface area is 166 Å². The van der Waals surface area contributed by atoms with Gasteiger partial charge in [-0.25, -0.2) is 0 Å². The van der Waals surface area contributed by atoms with E-state index in [1.54, 1.807) is 0 Å². The van der Waals surface area contributed by atoms with Gasteiger partial charge in [-0.15, -0.1) is 0 Å². The molecule has 28 heavy (non-hydrogen) atoms. The third-order valence-corrected chi connectivity index (χ3v) is 5.30. The molecule has 0 N–H and O–H groups in total. The van der Waals surface area contributed by atoms with Crippen LogP contribution in [0.15, 0.2) is 67.4 Å². The van der Waals surface area contributed by atoms with Crippen LogP contribution in [0.4, 0.5) is 0 Å². The van der Waals surface area contributed by atoms with Gasteiger partial charge >= 0.3 is 0 Å². The highest BCUT2D eigenvalue weighted by molar-refractivity contribution is 5.85. The summed E-state index contributed by atoms with van der Waals surface area (Å²) >= 11 is 0. The van der Waals surface area contributed by atoms with Gasteiger partial charge in [-0.3, -0.25) is 9.67 Å². The van der Waals surface area contributed by atoms with Gasteiger partial charge in [0.2, 0.25) is 0 Å². The molecular weight excluding hydrogens is 346 g/mol. The molecule has 5 nitrogen and oxygen atoms in total. The van der Waals surface area contributed by atoms with Crippen LogP contribution in [0.25, 0.3) is 22.0 Å². The number of pyridine rings is 1. The molecule has 0 aliphatic heterocycles. The minimum atomic E-state index is 0.179. The molecule has 0 aliphatic carbocycles. The summed E-state index contributed by atoms with van der Waals surface area (Å²) in [6, 6.07) is 13.1. The summed E-state index contributed by atoms with van der Waals surface area (Å²) in [4.78, 5) is 6.33. The molecule has 1 atom stereocenters. The van der Waals surface area contributed by atoms with E-state index in [2.05, 4.69) is 77.2 Å². The zero-order valence-corrected chi connectivity index (χ0v) is 16.8. The topological polar surface area (TPSA) is 38.9 Å². The van der Waals surface area contributed by atoms with Crippen molar-refractivity contribution in [1.29, 1.82) is 0 Å². The number of rotatable bonds is 7. The van der Waals surface area contributed by atoms with Crippen LogP contribution in [0.3, 0.4) is 0 Å². The molecule has 0 spiro atoms. The molecule has 0 saturated carbocycles. The maximum Gasteiger partial charge on any atom is 0.0741 e. The third kappa shape index (κ3) is 3.85. The molecule has 1 unspecified atom stereocenters. The van der Waals surface area contributed by atoms with E-state index in [0.29, 0.717) is 0 Å². The quantitative estimate of drug-likeness (QED) is 0.480. The minimum absolute atomic E-state index is 0.179. The van der Waals surface area contributed by atoms with Gasteiger partial charge in [0.1, 0.15) is 0 Å². The van der Waals surface area contributed by atoms with Crippen molar-refractivity contribution < 1.29 is 0 Å². The van der Waals surface area contributed by atoms with Crippen molar-refractivity contribution in [2.24, 2.45) is 0 Å². The predicted molar refractivity (Wildman–Crippen MR) is 114 cm³/mol. The van der Waals surface area contributed by atoms with Crippen molar-refractivity contribution in [2.45, 2.75) is 25.9 Å². The summed E-state index contributed by atoms with van der Waals surface area (Å²) in [6.45, 7) is 4.30. The van der Waals surface area contributed by atoms with Crippen LogP contribution in [0.5, 0.6) is 0 Å². The lowest BCUT2D eigenvalue weighted by Crippen LogP contribution is -2.14. The lowest BCUT2D eigenvalue weighted by Gasteiger charge is -2.12. The first-order chi connectivity index (χ1) is 13.6. The second-order valence-corrected chi connectivity index (χ2v) is 7.61. The standard InChI is InChI=1S/C23H27N5/c1-18(19-7-10-24-11-8-19)28-17-22(16-25-28)20-5-6-23-21(15-20)9-14-27(23)13-4-12-26(2)3/h5-11,14-18H,4,12-13H2,1-3H3.